The summed E-state index contributed by atoms with van der Waals surface area (Å²) in [6.07, 6.45) is 4.01. The predicted molar refractivity (Wildman–Crippen MR) is 179 cm³/mol. The molecule has 2 aromatic rings. The van der Waals surface area contributed by atoms with Crippen molar-refractivity contribution >= 4 is 23.7 Å². The van der Waals surface area contributed by atoms with E-state index in [0.29, 0.717) is 68.4 Å². The van der Waals surface area contributed by atoms with E-state index in [0.717, 1.165) is 0 Å². The zero-order valence-corrected chi connectivity index (χ0v) is 29.6. The van der Waals surface area contributed by atoms with Crippen molar-refractivity contribution in [3.8, 4) is 0 Å². The summed E-state index contributed by atoms with van der Waals surface area (Å²) in [5, 5.41) is 13.8. The zero-order chi connectivity index (χ0) is 34.7. The van der Waals surface area contributed by atoms with Gasteiger partial charge in [-0.1, -0.05) is 34.6 Å². The van der Waals surface area contributed by atoms with Gasteiger partial charge in [0.15, 0.2) is 0 Å². The number of amides is 3. The minimum atomic E-state index is -0.803. The Balaban J connectivity index is 1.68. The number of nitrogens with zero attached hydrogens (tertiary/aromatic N) is 5. The third-order valence-corrected chi connectivity index (χ3v) is 8.55. The van der Waals surface area contributed by atoms with Gasteiger partial charge in [0.25, 0.3) is 5.91 Å². The Morgan fingerprint density at radius 2 is 1.81 bits per heavy atom. The van der Waals surface area contributed by atoms with Gasteiger partial charge in [-0.15, -0.1) is 0 Å². The second-order valence-corrected chi connectivity index (χ2v) is 15.8. The van der Waals surface area contributed by atoms with Crippen LogP contribution in [-0.4, -0.2) is 97.6 Å². The van der Waals surface area contributed by atoms with Crippen LogP contribution in [0.4, 0.5) is 10.6 Å². The first-order valence-electron chi connectivity index (χ1n) is 16.8. The van der Waals surface area contributed by atoms with Gasteiger partial charge < -0.3 is 34.3 Å². The Bertz CT molecular complexity index is 1380. The maximum atomic E-state index is 14.6. The Labute approximate surface area is 279 Å². The van der Waals surface area contributed by atoms with E-state index in [9.17, 15) is 19.5 Å². The van der Waals surface area contributed by atoms with Gasteiger partial charge in [-0.3, -0.25) is 9.59 Å². The van der Waals surface area contributed by atoms with Crippen molar-refractivity contribution in [2.24, 2.45) is 11.8 Å². The Morgan fingerprint density at radius 3 is 2.38 bits per heavy atom. The van der Waals surface area contributed by atoms with Gasteiger partial charge in [-0.05, 0) is 65.0 Å². The van der Waals surface area contributed by atoms with Crippen LogP contribution in [0.2, 0.25) is 0 Å². The van der Waals surface area contributed by atoms with E-state index in [-0.39, 0.29) is 36.2 Å². The van der Waals surface area contributed by atoms with Crippen molar-refractivity contribution in [1.82, 2.24) is 24.7 Å². The third kappa shape index (κ3) is 9.68. The summed E-state index contributed by atoms with van der Waals surface area (Å²) in [4.78, 5) is 56.5. The number of hydrogen-bond acceptors (Lipinski definition) is 9. The number of anilines is 1. The highest BCUT2D eigenvalue weighted by molar-refractivity contribution is 5.98. The van der Waals surface area contributed by atoms with Gasteiger partial charge in [0, 0.05) is 44.3 Å². The van der Waals surface area contributed by atoms with E-state index in [2.05, 4.69) is 10.3 Å². The molecule has 2 N–H and O–H groups in total. The normalized spacial score (nSPS) is 20.2. The number of carbonyl (C=O) groups excluding carboxylic acids is 3. The van der Waals surface area contributed by atoms with Crippen molar-refractivity contribution in [1.29, 1.82) is 0 Å². The van der Waals surface area contributed by atoms with Crippen molar-refractivity contribution in [3.05, 3.63) is 41.7 Å². The molecule has 2 saturated heterocycles. The Hall–Kier alpha value is -3.67. The number of rotatable bonds is 8. The molecule has 0 aromatic carbocycles. The predicted octanol–water partition coefficient (Wildman–Crippen LogP) is 5.08. The molecule has 0 bridgehead atoms. The first-order chi connectivity index (χ1) is 21.8. The standard InChI is InChI=1S/C35H54N6O6/c1-23(2)20-41(30(43)27-19-37-31(33(3,4)5)38-28(27)36-18-26-11-10-16-46-26)25-17-24(21-40(22-25)32(44)47-34(6,7)8)29(42)39-14-12-35(9,45)13-15-39/h10-11,16,19,23-25,45H,12-15,17-18,20-22H2,1-9H3,(H,36,37,38)/t24-,25?/m1/s1. The van der Waals surface area contributed by atoms with Crippen LogP contribution in [0.25, 0.3) is 0 Å². The summed E-state index contributed by atoms with van der Waals surface area (Å²) in [6, 6.07) is 3.18. The summed E-state index contributed by atoms with van der Waals surface area (Å²) in [5.41, 5.74) is -1.58. The zero-order valence-electron chi connectivity index (χ0n) is 29.6. The number of aromatic nitrogens is 2. The number of carbonyl (C=O) groups is 3. The monoisotopic (exact) mass is 654 g/mol. The first-order valence-corrected chi connectivity index (χ1v) is 16.8. The van der Waals surface area contributed by atoms with E-state index in [4.69, 9.17) is 14.1 Å². The number of nitrogens with one attached hydrogen (secondary N) is 1. The molecule has 4 heterocycles. The molecular weight excluding hydrogens is 600 g/mol. The smallest absolute Gasteiger partial charge is 0.410 e. The van der Waals surface area contributed by atoms with Crippen LogP contribution >= 0.6 is 0 Å². The lowest BCUT2D eigenvalue weighted by atomic mass is 9.89. The van der Waals surface area contributed by atoms with E-state index >= 15 is 0 Å². The number of aliphatic hydroxyl groups is 1. The highest BCUT2D eigenvalue weighted by Gasteiger charge is 2.42. The molecule has 2 fully saturated rings. The summed E-state index contributed by atoms with van der Waals surface area (Å²) in [7, 11) is 0. The number of likely N-dealkylation sites (tertiary alicyclic amines) is 2. The molecule has 2 aliphatic rings. The quantitative estimate of drug-likeness (QED) is 0.399. The fraction of sp³-hybridized carbons (Fsp3) is 0.686. The lowest BCUT2D eigenvalue weighted by Gasteiger charge is -2.45. The van der Waals surface area contributed by atoms with Gasteiger partial charge in [-0.2, -0.15) is 0 Å². The summed E-state index contributed by atoms with van der Waals surface area (Å²) in [5.74, 6) is 0.886. The van der Waals surface area contributed by atoms with Gasteiger partial charge >= 0.3 is 6.09 Å². The van der Waals surface area contributed by atoms with Crippen LogP contribution in [0.1, 0.15) is 104 Å². The number of furan rings is 1. The Morgan fingerprint density at radius 1 is 1.13 bits per heavy atom. The number of ether oxygens (including phenoxy) is 1. The second kappa shape index (κ2) is 14.2. The minimum absolute atomic E-state index is 0.0747. The molecule has 47 heavy (non-hydrogen) atoms. The van der Waals surface area contributed by atoms with Crippen LogP contribution in [0.15, 0.2) is 29.0 Å². The second-order valence-electron chi connectivity index (χ2n) is 15.8. The molecule has 260 valence electrons. The topological polar surface area (TPSA) is 141 Å². The number of hydrogen-bond donors (Lipinski definition) is 2. The van der Waals surface area contributed by atoms with Gasteiger partial charge in [0.2, 0.25) is 5.91 Å². The molecular formula is C35H54N6O6. The lowest BCUT2D eigenvalue weighted by Crippen LogP contribution is -2.58. The molecule has 12 heteroatoms. The Kier molecular flexibility index (Phi) is 10.9. The summed E-state index contributed by atoms with van der Waals surface area (Å²) < 4.78 is 11.3. The average Bonchev–Trinajstić information content (AvgIpc) is 3.50. The highest BCUT2D eigenvalue weighted by atomic mass is 16.6. The van der Waals surface area contributed by atoms with E-state index in [1.165, 1.54) is 0 Å². The first kappa shape index (κ1) is 36.2. The molecule has 2 aromatic heterocycles. The number of piperidine rings is 2. The molecule has 4 rings (SSSR count). The minimum Gasteiger partial charge on any atom is -0.467 e. The van der Waals surface area contributed by atoms with Crippen molar-refractivity contribution < 1.29 is 28.6 Å². The van der Waals surface area contributed by atoms with Crippen LogP contribution in [-0.2, 0) is 21.5 Å². The molecule has 2 atom stereocenters. The summed E-state index contributed by atoms with van der Waals surface area (Å²) in [6.45, 7) is 19.3. The average molecular weight is 655 g/mol. The molecule has 0 saturated carbocycles. The molecule has 0 radical (unpaired) electrons. The molecule has 12 nitrogen and oxygen atoms in total. The maximum Gasteiger partial charge on any atom is 0.410 e. The van der Waals surface area contributed by atoms with Crippen LogP contribution in [0, 0.1) is 11.8 Å². The fourth-order valence-corrected chi connectivity index (χ4v) is 5.98. The van der Waals surface area contributed by atoms with E-state index < -0.39 is 29.3 Å². The van der Waals surface area contributed by atoms with E-state index in [1.54, 1.807) is 40.1 Å². The summed E-state index contributed by atoms with van der Waals surface area (Å²) >= 11 is 0. The van der Waals surface area contributed by atoms with Gasteiger partial charge in [0.1, 0.15) is 28.6 Å². The molecule has 0 aliphatic carbocycles. The largest absolute Gasteiger partial charge is 0.467 e. The third-order valence-electron chi connectivity index (χ3n) is 8.55. The van der Waals surface area contributed by atoms with Gasteiger partial charge in [0.05, 0.1) is 30.4 Å². The molecule has 0 spiro atoms. The SMILES string of the molecule is CC(C)CN(C(=O)c1cnc(C(C)(C)C)nc1NCc1ccco1)C1C[C@@H](C(=O)N2CCC(C)(O)CC2)CN(C(=O)OC(C)(C)C)C1. The highest BCUT2D eigenvalue weighted by Crippen LogP contribution is 2.30. The molecule has 2 aliphatic heterocycles. The molecule has 1 unspecified atom stereocenters. The van der Waals surface area contributed by atoms with Crippen molar-refractivity contribution in [2.75, 3.05) is 38.0 Å². The van der Waals surface area contributed by atoms with E-state index in [1.807, 2.05) is 61.5 Å². The van der Waals surface area contributed by atoms with Crippen LogP contribution in [0.3, 0.4) is 0 Å². The molecule has 3 amide bonds. The fourth-order valence-electron chi connectivity index (χ4n) is 5.98. The lowest BCUT2D eigenvalue weighted by molar-refractivity contribution is -0.141. The van der Waals surface area contributed by atoms with Crippen molar-refractivity contribution in [3.63, 3.8) is 0 Å². The van der Waals surface area contributed by atoms with Gasteiger partial charge in [-0.25, -0.2) is 14.8 Å². The van der Waals surface area contributed by atoms with Crippen LogP contribution in [0.5, 0.6) is 0 Å². The van der Waals surface area contributed by atoms with Crippen LogP contribution < -0.4 is 5.32 Å². The van der Waals surface area contributed by atoms with Crippen molar-refractivity contribution in [2.45, 2.75) is 111 Å². The maximum absolute atomic E-state index is 14.6.